The standard InChI is InChI=1S/C17H17Br2NO4/c1-2-24-17(23)9-3-5-10(6-4-9)20-15(21)11-7-13(18)14(19)8-12(11)16(20)22/h3-6,11-14H,2,7-8H2,1H3/t11-,12-,13+,14+/m1/s1. The number of halogens is 2. The number of anilines is 1. The second kappa shape index (κ2) is 6.96. The first-order valence-electron chi connectivity index (χ1n) is 7.87. The number of carbonyl (C=O) groups is 3. The Morgan fingerprint density at radius 1 is 1.08 bits per heavy atom. The lowest BCUT2D eigenvalue weighted by molar-refractivity contribution is -0.122. The average molecular weight is 459 g/mol. The summed E-state index contributed by atoms with van der Waals surface area (Å²) >= 11 is 7.15. The van der Waals surface area contributed by atoms with Gasteiger partial charge in [-0.15, -0.1) is 0 Å². The van der Waals surface area contributed by atoms with E-state index < -0.39 is 5.97 Å². The lowest BCUT2D eigenvalue weighted by atomic mass is 9.81. The van der Waals surface area contributed by atoms with E-state index in [9.17, 15) is 14.4 Å². The number of amides is 2. The summed E-state index contributed by atoms with van der Waals surface area (Å²) in [5, 5.41) is 0. The number of hydrogen-bond donors (Lipinski definition) is 0. The highest BCUT2D eigenvalue weighted by Crippen LogP contribution is 2.44. The number of ether oxygens (including phenoxy) is 1. The first-order chi connectivity index (χ1) is 11.4. The Kier molecular flexibility index (Phi) is 5.11. The van der Waals surface area contributed by atoms with Crippen molar-refractivity contribution >= 4 is 55.3 Å². The summed E-state index contributed by atoms with van der Waals surface area (Å²) in [5.41, 5.74) is 0.905. The number of carbonyl (C=O) groups excluding carboxylic acids is 3. The lowest BCUT2D eigenvalue weighted by Crippen LogP contribution is -2.34. The van der Waals surface area contributed by atoms with E-state index in [2.05, 4.69) is 31.9 Å². The summed E-state index contributed by atoms with van der Waals surface area (Å²) in [6.45, 7) is 2.04. The summed E-state index contributed by atoms with van der Waals surface area (Å²) in [5.74, 6) is -1.28. The molecule has 5 nitrogen and oxygen atoms in total. The van der Waals surface area contributed by atoms with E-state index in [0.717, 1.165) is 0 Å². The van der Waals surface area contributed by atoms with Crippen LogP contribution in [0.4, 0.5) is 5.69 Å². The van der Waals surface area contributed by atoms with Gasteiger partial charge in [-0.1, -0.05) is 31.9 Å². The van der Waals surface area contributed by atoms with Gasteiger partial charge in [-0.25, -0.2) is 4.79 Å². The van der Waals surface area contributed by atoms with Crippen LogP contribution in [0.2, 0.25) is 0 Å². The van der Waals surface area contributed by atoms with Gasteiger partial charge in [0.05, 0.1) is 29.7 Å². The molecule has 1 saturated heterocycles. The number of fused-ring (bicyclic) bond motifs is 1. The van der Waals surface area contributed by atoms with Crippen molar-refractivity contribution in [2.75, 3.05) is 11.5 Å². The zero-order chi connectivity index (χ0) is 17.4. The molecular formula is C17H17Br2NO4. The number of rotatable bonds is 3. The van der Waals surface area contributed by atoms with E-state index >= 15 is 0 Å². The minimum atomic E-state index is -0.416. The van der Waals surface area contributed by atoms with Gasteiger partial charge in [0.1, 0.15) is 0 Å². The number of esters is 1. The molecule has 0 radical (unpaired) electrons. The maximum atomic E-state index is 12.7. The normalized spacial score (nSPS) is 29.5. The molecule has 1 aliphatic carbocycles. The van der Waals surface area contributed by atoms with E-state index in [-0.39, 0.29) is 33.3 Å². The average Bonchev–Trinajstić information content (AvgIpc) is 2.79. The third kappa shape index (κ3) is 3.04. The summed E-state index contributed by atoms with van der Waals surface area (Å²) < 4.78 is 4.94. The van der Waals surface area contributed by atoms with Gasteiger partial charge in [-0.05, 0) is 44.0 Å². The minimum Gasteiger partial charge on any atom is -0.462 e. The molecular weight excluding hydrogens is 442 g/mol. The minimum absolute atomic E-state index is 0.155. The fourth-order valence-electron chi connectivity index (χ4n) is 3.31. The van der Waals surface area contributed by atoms with E-state index in [1.807, 2.05) is 0 Å². The number of alkyl halides is 2. The van der Waals surface area contributed by atoms with Crippen molar-refractivity contribution in [1.82, 2.24) is 0 Å². The largest absolute Gasteiger partial charge is 0.462 e. The van der Waals surface area contributed by atoms with E-state index in [0.29, 0.717) is 30.7 Å². The molecule has 1 saturated carbocycles. The van der Waals surface area contributed by atoms with Gasteiger partial charge in [0, 0.05) is 9.65 Å². The van der Waals surface area contributed by atoms with Gasteiger partial charge in [0.2, 0.25) is 11.8 Å². The molecule has 1 aliphatic heterocycles. The summed E-state index contributed by atoms with van der Waals surface area (Å²) in [6, 6.07) is 6.40. The molecule has 1 aromatic carbocycles. The second-order valence-corrected chi connectivity index (χ2v) is 8.35. The summed E-state index contributed by atoms with van der Waals surface area (Å²) in [4.78, 5) is 38.7. The van der Waals surface area contributed by atoms with Crippen LogP contribution in [0.1, 0.15) is 30.1 Å². The molecule has 0 unspecified atom stereocenters. The van der Waals surface area contributed by atoms with E-state index in [1.54, 1.807) is 31.2 Å². The van der Waals surface area contributed by atoms with Crippen molar-refractivity contribution in [3.8, 4) is 0 Å². The van der Waals surface area contributed by atoms with Gasteiger partial charge < -0.3 is 4.74 Å². The van der Waals surface area contributed by atoms with Crippen LogP contribution in [0.3, 0.4) is 0 Å². The predicted octanol–water partition coefficient (Wildman–Crippen LogP) is 3.29. The molecule has 2 fully saturated rings. The van der Waals surface area contributed by atoms with Crippen LogP contribution in [-0.4, -0.2) is 34.0 Å². The van der Waals surface area contributed by atoms with E-state index in [1.165, 1.54) is 4.90 Å². The molecule has 7 heteroatoms. The first kappa shape index (κ1) is 17.6. The summed E-state index contributed by atoms with van der Waals surface area (Å²) in [7, 11) is 0. The zero-order valence-electron chi connectivity index (χ0n) is 13.1. The Morgan fingerprint density at radius 2 is 1.58 bits per heavy atom. The Hall–Kier alpha value is -1.21. The zero-order valence-corrected chi connectivity index (χ0v) is 16.2. The van der Waals surface area contributed by atoms with E-state index in [4.69, 9.17) is 4.74 Å². The molecule has 0 aromatic heterocycles. The highest BCUT2D eigenvalue weighted by atomic mass is 79.9. The molecule has 24 heavy (non-hydrogen) atoms. The van der Waals surface area contributed by atoms with Crippen molar-refractivity contribution in [3.63, 3.8) is 0 Å². The highest BCUT2D eigenvalue weighted by molar-refractivity contribution is 9.12. The van der Waals surface area contributed by atoms with Crippen LogP contribution in [0.15, 0.2) is 24.3 Å². The Bertz CT molecular complexity index is 648. The quantitative estimate of drug-likeness (QED) is 0.396. The molecule has 2 amide bonds. The van der Waals surface area contributed by atoms with Crippen molar-refractivity contribution in [3.05, 3.63) is 29.8 Å². The Balaban J connectivity index is 1.83. The Morgan fingerprint density at radius 3 is 2.04 bits per heavy atom. The smallest absolute Gasteiger partial charge is 0.338 e. The van der Waals surface area contributed by atoms with Gasteiger partial charge in [-0.2, -0.15) is 0 Å². The van der Waals surface area contributed by atoms with Gasteiger partial charge in [0.25, 0.3) is 0 Å². The number of imide groups is 1. The number of nitrogens with zero attached hydrogens (tertiary/aromatic N) is 1. The maximum absolute atomic E-state index is 12.7. The maximum Gasteiger partial charge on any atom is 0.338 e. The molecule has 0 N–H and O–H groups in total. The van der Waals surface area contributed by atoms with Crippen LogP contribution in [0.25, 0.3) is 0 Å². The van der Waals surface area contributed by atoms with Crippen molar-refractivity contribution in [2.45, 2.75) is 29.4 Å². The molecule has 128 valence electrons. The third-order valence-electron chi connectivity index (χ3n) is 4.55. The van der Waals surface area contributed by atoms with Gasteiger partial charge in [-0.3, -0.25) is 14.5 Å². The monoisotopic (exact) mass is 457 g/mol. The second-order valence-electron chi connectivity index (χ2n) is 6.00. The molecule has 2 aliphatic rings. The third-order valence-corrected chi connectivity index (χ3v) is 7.28. The lowest BCUT2D eigenvalue weighted by Gasteiger charge is -2.29. The SMILES string of the molecule is CCOC(=O)c1ccc(N2C(=O)[C@@H]3C[C@H](Br)[C@@H](Br)C[C@H]3C2=O)cc1. The fourth-order valence-corrected chi connectivity index (χ4v) is 4.55. The number of hydrogen-bond acceptors (Lipinski definition) is 4. The highest BCUT2D eigenvalue weighted by Gasteiger charge is 2.52. The molecule has 4 atom stereocenters. The van der Waals surface area contributed by atoms with Crippen LogP contribution >= 0.6 is 31.9 Å². The first-order valence-corrected chi connectivity index (χ1v) is 9.70. The summed E-state index contributed by atoms with van der Waals surface area (Å²) in [6.07, 6.45) is 1.28. The van der Waals surface area contributed by atoms with Crippen molar-refractivity contribution in [2.24, 2.45) is 11.8 Å². The molecule has 1 heterocycles. The molecule has 0 spiro atoms. The molecule has 3 rings (SSSR count). The Labute approximate surface area is 157 Å². The predicted molar refractivity (Wildman–Crippen MR) is 96.5 cm³/mol. The van der Waals surface area contributed by atoms with Crippen LogP contribution < -0.4 is 4.90 Å². The van der Waals surface area contributed by atoms with Crippen LogP contribution in [-0.2, 0) is 14.3 Å². The molecule has 1 aromatic rings. The molecule has 0 bridgehead atoms. The van der Waals surface area contributed by atoms with Crippen LogP contribution in [0.5, 0.6) is 0 Å². The van der Waals surface area contributed by atoms with Gasteiger partial charge >= 0.3 is 5.97 Å². The fraction of sp³-hybridized carbons (Fsp3) is 0.471. The van der Waals surface area contributed by atoms with Gasteiger partial charge in [0.15, 0.2) is 0 Å². The number of benzene rings is 1. The van der Waals surface area contributed by atoms with Crippen molar-refractivity contribution in [1.29, 1.82) is 0 Å². The van der Waals surface area contributed by atoms with Crippen molar-refractivity contribution < 1.29 is 19.1 Å². The topological polar surface area (TPSA) is 63.7 Å². The van der Waals surface area contributed by atoms with Crippen LogP contribution in [0, 0.1) is 11.8 Å².